The van der Waals surface area contributed by atoms with E-state index in [0.717, 1.165) is 31.3 Å². The molecule has 5 nitrogen and oxygen atoms in total. The van der Waals surface area contributed by atoms with Gasteiger partial charge < -0.3 is 10.4 Å². The predicted octanol–water partition coefficient (Wildman–Crippen LogP) is 1.68. The van der Waals surface area contributed by atoms with Crippen molar-refractivity contribution in [3.8, 4) is 0 Å². The molecule has 1 atom stereocenters. The van der Waals surface area contributed by atoms with E-state index in [1.807, 2.05) is 18.7 Å². The molecular formula is C17H25F2N3O2. The first-order chi connectivity index (χ1) is 11.2. The zero-order valence-electron chi connectivity index (χ0n) is 14.4. The quantitative estimate of drug-likeness (QED) is 0.856. The first-order valence-corrected chi connectivity index (χ1v) is 8.10. The van der Waals surface area contributed by atoms with E-state index in [0.29, 0.717) is 13.1 Å². The van der Waals surface area contributed by atoms with Gasteiger partial charge >= 0.3 is 0 Å². The Bertz CT molecular complexity index is 587. The SMILES string of the molecule is C[C@@H](C(=O)Nc1cc(F)ccc1F)N1CCN(C(C)(C)CO)CC1. The van der Waals surface area contributed by atoms with Crippen LogP contribution in [0.5, 0.6) is 0 Å². The smallest absolute Gasteiger partial charge is 0.241 e. The molecule has 1 saturated heterocycles. The first kappa shape index (κ1) is 18.8. The maximum Gasteiger partial charge on any atom is 0.241 e. The zero-order chi connectivity index (χ0) is 17.9. The molecule has 0 aromatic heterocycles. The van der Waals surface area contributed by atoms with E-state index in [4.69, 9.17) is 0 Å². The third-order valence-electron chi connectivity index (χ3n) is 4.67. The van der Waals surface area contributed by atoms with E-state index in [9.17, 15) is 18.7 Å². The highest BCUT2D eigenvalue weighted by molar-refractivity contribution is 5.94. The fourth-order valence-electron chi connectivity index (χ4n) is 2.81. The summed E-state index contributed by atoms with van der Waals surface area (Å²) >= 11 is 0. The summed E-state index contributed by atoms with van der Waals surface area (Å²) in [6.45, 7) is 8.59. The first-order valence-electron chi connectivity index (χ1n) is 8.10. The maximum absolute atomic E-state index is 13.6. The van der Waals surface area contributed by atoms with Crippen LogP contribution in [0.2, 0.25) is 0 Å². The molecule has 0 saturated carbocycles. The molecule has 0 aliphatic carbocycles. The van der Waals surface area contributed by atoms with Gasteiger partial charge in [-0.05, 0) is 32.9 Å². The summed E-state index contributed by atoms with van der Waals surface area (Å²) in [6.07, 6.45) is 0. The lowest BCUT2D eigenvalue weighted by molar-refractivity contribution is -0.121. The Hall–Kier alpha value is -1.57. The molecule has 1 fully saturated rings. The number of hydrogen-bond donors (Lipinski definition) is 2. The highest BCUT2D eigenvalue weighted by atomic mass is 19.1. The molecule has 7 heteroatoms. The number of nitrogens with zero attached hydrogens (tertiary/aromatic N) is 2. The summed E-state index contributed by atoms with van der Waals surface area (Å²) in [5.74, 6) is -1.62. The molecule has 2 rings (SSSR count). The fraction of sp³-hybridized carbons (Fsp3) is 0.588. The fourth-order valence-corrected chi connectivity index (χ4v) is 2.81. The number of halogens is 2. The van der Waals surface area contributed by atoms with E-state index >= 15 is 0 Å². The molecule has 1 aliphatic rings. The largest absolute Gasteiger partial charge is 0.394 e. The van der Waals surface area contributed by atoms with Crippen molar-refractivity contribution < 1.29 is 18.7 Å². The van der Waals surface area contributed by atoms with Crippen LogP contribution >= 0.6 is 0 Å². The Labute approximate surface area is 141 Å². The van der Waals surface area contributed by atoms with E-state index < -0.39 is 17.7 Å². The lowest BCUT2D eigenvalue weighted by atomic mass is 10.0. The van der Waals surface area contributed by atoms with Crippen LogP contribution in [0.15, 0.2) is 18.2 Å². The molecule has 1 aromatic carbocycles. The van der Waals surface area contributed by atoms with Crippen molar-refractivity contribution in [1.29, 1.82) is 0 Å². The van der Waals surface area contributed by atoms with Gasteiger partial charge in [0.15, 0.2) is 0 Å². The van der Waals surface area contributed by atoms with Gasteiger partial charge in [-0.1, -0.05) is 0 Å². The third-order valence-corrected chi connectivity index (χ3v) is 4.67. The zero-order valence-corrected chi connectivity index (χ0v) is 14.4. The normalized spacial score (nSPS) is 18.4. The summed E-state index contributed by atoms with van der Waals surface area (Å²) in [5.41, 5.74) is -0.436. The topological polar surface area (TPSA) is 55.8 Å². The highest BCUT2D eigenvalue weighted by Gasteiger charge is 2.32. The predicted molar refractivity (Wildman–Crippen MR) is 88.8 cm³/mol. The molecule has 0 bridgehead atoms. The number of hydrogen-bond acceptors (Lipinski definition) is 4. The lowest BCUT2D eigenvalue weighted by Crippen LogP contribution is -2.58. The van der Waals surface area contributed by atoms with Crippen molar-refractivity contribution in [2.45, 2.75) is 32.4 Å². The second-order valence-electron chi connectivity index (χ2n) is 6.78. The minimum Gasteiger partial charge on any atom is -0.394 e. The van der Waals surface area contributed by atoms with Gasteiger partial charge in [0.1, 0.15) is 11.6 Å². The van der Waals surface area contributed by atoms with Crippen LogP contribution in [0.3, 0.4) is 0 Å². The van der Waals surface area contributed by atoms with E-state index in [2.05, 4.69) is 10.2 Å². The molecule has 1 aliphatic heterocycles. The van der Waals surface area contributed by atoms with Crippen molar-refractivity contribution >= 4 is 11.6 Å². The average molecular weight is 341 g/mol. The monoisotopic (exact) mass is 341 g/mol. The van der Waals surface area contributed by atoms with Gasteiger partial charge in [0.05, 0.1) is 18.3 Å². The van der Waals surface area contributed by atoms with Gasteiger partial charge in [0, 0.05) is 37.8 Å². The van der Waals surface area contributed by atoms with Crippen molar-refractivity contribution in [2.24, 2.45) is 0 Å². The second-order valence-corrected chi connectivity index (χ2v) is 6.78. The maximum atomic E-state index is 13.6. The number of carbonyl (C=O) groups excluding carboxylic acids is 1. The molecular weight excluding hydrogens is 316 g/mol. The van der Waals surface area contributed by atoms with Crippen LogP contribution < -0.4 is 5.32 Å². The molecule has 134 valence electrons. The van der Waals surface area contributed by atoms with E-state index in [1.54, 1.807) is 6.92 Å². The highest BCUT2D eigenvalue weighted by Crippen LogP contribution is 2.19. The number of rotatable bonds is 5. The second kappa shape index (κ2) is 7.55. The van der Waals surface area contributed by atoms with Gasteiger partial charge in [-0.3, -0.25) is 14.6 Å². The molecule has 0 unspecified atom stereocenters. The van der Waals surface area contributed by atoms with Crippen LogP contribution in [0, 0.1) is 11.6 Å². The Morgan fingerprint density at radius 3 is 2.50 bits per heavy atom. The summed E-state index contributed by atoms with van der Waals surface area (Å²) in [7, 11) is 0. The third kappa shape index (κ3) is 4.28. The van der Waals surface area contributed by atoms with Crippen LogP contribution in [0.1, 0.15) is 20.8 Å². The number of carbonyl (C=O) groups is 1. The number of piperazine rings is 1. The summed E-state index contributed by atoms with van der Waals surface area (Å²) in [6, 6.07) is 2.52. The van der Waals surface area contributed by atoms with Gasteiger partial charge in [-0.2, -0.15) is 0 Å². The molecule has 1 amide bonds. The molecule has 1 aromatic rings. The molecule has 2 N–H and O–H groups in total. The Morgan fingerprint density at radius 1 is 1.29 bits per heavy atom. The number of aliphatic hydroxyl groups excluding tert-OH is 1. The number of aliphatic hydroxyl groups is 1. The molecule has 0 spiro atoms. The van der Waals surface area contributed by atoms with E-state index in [1.165, 1.54) is 0 Å². The van der Waals surface area contributed by atoms with Gasteiger partial charge in [-0.25, -0.2) is 8.78 Å². The van der Waals surface area contributed by atoms with Crippen LogP contribution in [-0.2, 0) is 4.79 Å². The average Bonchev–Trinajstić information content (AvgIpc) is 2.57. The minimum absolute atomic E-state index is 0.0713. The summed E-state index contributed by atoms with van der Waals surface area (Å²) < 4.78 is 26.8. The van der Waals surface area contributed by atoms with Gasteiger partial charge in [-0.15, -0.1) is 0 Å². The van der Waals surface area contributed by atoms with Crippen LogP contribution in [-0.4, -0.2) is 65.2 Å². The number of amides is 1. The number of nitrogens with one attached hydrogen (secondary N) is 1. The summed E-state index contributed by atoms with van der Waals surface area (Å²) in [4.78, 5) is 16.5. The Balaban J connectivity index is 1.94. The van der Waals surface area contributed by atoms with Crippen molar-refractivity contribution in [2.75, 3.05) is 38.1 Å². The Morgan fingerprint density at radius 2 is 1.92 bits per heavy atom. The van der Waals surface area contributed by atoms with Gasteiger partial charge in [0.2, 0.25) is 5.91 Å². The lowest BCUT2D eigenvalue weighted by Gasteiger charge is -2.44. The van der Waals surface area contributed by atoms with Crippen molar-refractivity contribution in [1.82, 2.24) is 9.80 Å². The van der Waals surface area contributed by atoms with Crippen LogP contribution in [0.4, 0.5) is 14.5 Å². The standard InChI is InChI=1S/C17H25F2N3O2/c1-12(16(24)20-15-10-13(18)4-5-14(15)19)21-6-8-22(9-7-21)17(2,3)11-23/h4-5,10,12,23H,6-9,11H2,1-3H3,(H,20,24)/t12-/m0/s1. The van der Waals surface area contributed by atoms with Gasteiger partial charge in [0.25, 0.3) is 0 Å². The molecule has 0 radical (unpaired) electrons. The minimum atomic E-state index is -0.661. The Kier molecular flexibility index (Phi) is 5.90. The molecule has 24 heavy (non-hydrogen) atoms. The number of anilines is 1. The van der Waals surface area contributed by atoms with Crippen molar-refractivity contribution in [3.63, 3.8) is 0 Å². The molecule has 1 heterocycles. The van der Waals surface area contributed by atoms with E-state index in [-0.39, 0.29) is 23.7 Å². The summed E-state index contributed by atoms with van der Waals surface area (Å²) in [5, 5.41) is 11.9. The number of benzene rings is 1. The van der Waals surface area contributed by atoms with Crippen molar-refractivity contribution in [3.05, 3.63) is 29.8 Å². The van der Waals surface area contributed by atoms with Crippen LogP contribution in [0.25, 0.3) is 0 Å².